The SMILES string of the molecule is CS(=O)(=O)c1ccccc1CN1CCC(N2CCN(S(=O)(=O)c3ccc(F)cc3)CC2)CC1. The van der Waals surface area contributed by atoms with Crippen molar-refractivity contribution in [3.63, 3.8) is 0 Å². The number of halogens is 1. The highest BCUT2D eigenvalue weighted by Crippen LogP contribution is 2.24. The quantitative estimate of drug-likeness (QED) is 0.612. The lowest BCUT2D eigenvalue weighted by molar-refractivity contribution is 0.0783. The van der Waals surface area contributed by atoms with Crippen LogP contribution in [-0.2, 0) is 26.4 Å². The summed E-state index contributed by atoms with van der Waals surface area (Å²) in [5.74, 6) is -0.454. The molecule has 10 heteroatoms. The minimum absolute atomic E-state index is 0.125. The van der Waals surface area contributed by atoms with Crippen LogP contribution in [0.25, 0.3) is 0 Å². The fourth-order valence-electron chi connectivity index (χ4n) is 4.74. The Morgan fingerprint density at radius 3 is 2.06 bits per heavy atom. The van der Waals surface area contributed by atoms with E-state index in [0.29, 0.717) is 43.7 Å². The van der Waals surface area contributed by atoms with Gasteiger partial charge in [0.15, 0.2) is 9.84 Å². The first kappa shape index (κ1) is 24.3. The molecule has 0 spiro atoms. The smallest absolute Gasteiger partial charge is 0.243 e. The van der Waals surface area contributed by atoms with E-state index in [9.17, 15) is 21.2 Å². The van der Waals surface area contributed by atoms with E-state index in [1.165, 1.54) is 34.8 Å². The number of benzene rings is 2. The topological polar surface area (TPSA) is 78.0 Å². The Morgan fingerprint density at radius 2 is 1.45 bits per heavy atom. The second kappa shape index (κ2) is 9.79. The number of likely N-dealkylation sites (tertiary alicyclic amines) is 1. The standard InChI is InChI=1S/C23H30FN3O4S2/c1-32(28,29)23-5-3-2-4-19(23)18-25-12-10-21(11-13-25)26-14-16-27(17-15-26)33(30,31)22-8-6-20(24)7-9-22/h2-9,21H,10-18H2,1H3. The zero-order valence-electron chi connectivity index (χ0n) is 18.7. The Hall–Kier alpha value is -1.85. The van der Waals surface area contributed by atoms with Gasteiger partial charge in [0, 0.05) is 45.0 Å². The fraction of sp³-hybridized carbons (Fsp3) is 0.478. The molecule has 2 saturated heterocycles. The van der Waals surface area contributed by atoms with E-state index in [1.54, 1.807) is 12.1 Å². The van der Waals surface area contributed by atoms with Crippen molar-refractivity contribution in [1.82, 2.24) is 14.1 Å². The molecule has 2 heterocycles. The predicted octanol–water partition coefficient (Wildman–Crippen LogP) is 2.20. The minimum atomic E-state index is -3.61. The molecule has 0 bridgehead atoms. The third-order valence-corrected chi connectivity index (χ3v) is 9.67. The summed E-state index contributed by atoms with van der Waals surface area (Å²) in [5.41, 5.74) is 0.832. The number of hydrogen-bond donors (Lipinski definition) is 0. The molecule has 33 heavy (non-hydrogen) atoms. The van der Waals surface area contributed by atoms with Crippen LogP contribution in [0.3, 0.4) is 0 Å². The second-order valence-corrected chi connectivity index (χ2v) is 12.7. The van der Waals surface area contributed by atoms with Crippen molar-refractivity contribution in [2.24, 2.45) is 0 Å². The molecule has 2 aliphatic rings. The number of hydrogen-bond acceptors (Lipinski definition) is 6. The van der Waals surface area contributed by atoms with Crippen molar-refractivity contribution >= 4 is 19.9 Å². The monoisotopic (exact) mass is 495 g/mol. The van der Waals surface area contributed by atoms with Gasteiger partial charge in [-0.15, -0.1) is 0 Å². The molecule has 0 unspecified atom stereocenters. The Morgan fingerprint density at radius 1 is 0.848 bits per heavy atom. The van der Waals surface area contributed by atoms with Gasteiger partial charge in [0.1, 0.15) is 5.82 Å². The van der Waals surface area contributed by atoms with Crippen LogP contribution in [0.1, 0.15) is 18.4 Å². The highest BCUT2D eigenvalue weighted by atomic mass is 32.2. The van der Waals surface area contributed by atoms with Crippen molar-refractivity contribution in [1.29, 1.82) is 0 Å². The lowest BCUT2D eigenvalue weighted by Crippen LogP contribution is -2.54. The molecular formula is C23H30FN3O4S2. The van der Waals surface area contributed by atoms with Gasteiger partial charge in [-0.05, 0) is 61.8 Å². The molecule has 7 nitrogen and oxygen atoms in total. The number of nitrogens with zero attached hydrogens (tertiary/aromatic N) is 3. The van der Waals surface area contributed by atoms with Crippen LogP contribution in [-0.4, -0.2) is 82.5 Å². The molecule has 0 atom stereocenters. The van der Waals surface area contributed by atoms with E-state index in [-0.39, 0.29) is 4.90 Å². The first-order chi connectivity index (χ1) is 15.6. The maximum absolute atomic E-state index is 13.2. The Labute approximate surface area is 195 Å². The molecule has 2 aromatic carbocycles. The van der Waals surface area contributed by atoms with E-state index in [2.05, 4.69) is 9.80 Å². The first-order valence-electron chi connectivity index (χ1n) is 11.1. The molecule has 2 fully saturated rings. The highest BCUT2D eigenvalue weighted by Gasteiger charge is 2.32. The van der Waals surface area contributed by atoms with Gasteiger partial charge >= 0.3 is 0 Å². The highest BCUT2D eigenvalue weighted by molar-refractivity contribution is 7.90. The van der Waals surface area contributed by atoms with E-state index >= 15 is 0 Å². The number of piperidine rings is 1. The molecule has 0 aliphatic carbocycles. The molecule has 0 aromatic heterocycles. The van der Waals surface area contributed by atoms with Crippen molar-refractivity contribution in [3.05, 3.63) is 59.9 Å². The maximum atomic E-state index is 13.2. The maximum Gasteiger partial charge on any atom is 0.243 e. The van der Waals surface area contributed by atoms with Gasteiger partial charge in [-0.1, -0.05) is 18.2 Å². The third-order valence-electron chi connectivity index (χ3n) is 6.56. The van der Waals surface area contributed by atoms with Gasteiger partial charge in [0.05, 0.1) is 9.79 Å². The summed E-state index contributed by atoms with van der Waals surface area (Å²) in [4.78, 5) is 5.17. The first-order valence-corrected chi connectivity index (χ1v) is 14.5. The van der Waals surface area contributed by atoms with Gasteiger partial charge in [0.2, 0.25) is 10.0 Å². The van der Waals surface area contributed by atoms with Gasteiger partial charge in [-0.25, -0.2) is 21.2 Å². The molecule has 4 rings (SSSR count). The largest absolute Gasteiger partial charge is 0.299 e. The molecule has 2 aliphatic heterocycles. The molecule has 0 saturated carbocycles. The lowest BCUT2D eigenvalue weighted by Gasteiger charge is -2.42. The van der Waals surface area contributed by atoms with Crippen LogP contribution in [0.5, 0.6) is 0 Å². The number of piperazine rings is 1. The van der Waals surface area contributed by atoms with Crippen LogP contribution in [0.15, 0.2) is 58.3 Å². The molecule has 180 valence electrons. The summed E-state index contributed by atoms with van der Waals surface area (Å²) in [6.07, 6.45) is 3.17. The predicted molar refractivity (Wildman–Crippen MR) is 125 cm³/mol. The van der Waals surface area contributed by atoms with Crippen LogP contribution >= 0.6 is 0 Å². The molecule has 0 radical (unpaired) electrons. The summed E-state index contributed by atoms with van der Waals surface area (Å²) in [6, 6.07) is 12.5. The summed E-state index contributed by atoms with van der Waals surface area (Å²) < 4.78 is 64.4. The van der Waals surface area contributed by atoms with Gasteiger partial charge in [-0.3, -0.25) is 9.80 Å². The Balaban J connectivity index is 1.30. The van der Waals surface area contributed by atoms with E-state index < -0.39 is 25.7 Å². The minimum Gasteiger partial charge on any atom is -0.299 e. The number of sulfonamides is 1. The van der Waals surface area contributed by atoms with Crippen LogP contribution < -0.4 is 0 Å². The Kier molecular flexibility index (Phi) is 7.20. The second-order valence-electron chi connectivity index (χ2n) is 8.78. The normalized spacial score (nSPS) is 20.2. The van der Waals surface area contributed by atoms with Crippen LogP contribution in [0.2, 0.25) is 0 Å². The van der Waals surface area contributed by atoms with E-state index in [0.717, 1.165) is 31.5 Å². The zero-order chi connectivity index (χ0) is 23.6. The van der Waals surface area contributed by atoms with Gasteiger partial charge < -0.3 is 0 Å². The Bertz CT molecular complexity index is 1170. The summed E-state index contributed by atoms with van der Waals surface area (Å²) >= 11 is 0. The molecule has 2 aromatic rings. The van der Waals surface area contributed by atoms with Crippen molar-refractivity contribution in [2.45, 2.75) is 35.2 Å². The number of rotatable bonds is 6. The molecular weight excluding hydrogens is 465 g/mol. The third kappa shape index (κ3) is 5.63. The van der Waals surface area contributed by atoms with Gasteiger partial charge in [0.25, 0.3) is 0 Å². The van der Waals surface area contributed by atoms with E-state index in [4.69, 9.17) is 0 Å². The zero-order valence-corrected chi connectivity index (χ0v) is 20.4. The summed E-state index contributed by atoms with van der Waals surface area (Å²) in [5, 5.41) is 0. The van der Waals surface area contributed by atoms with Crippen LogP contribution in [0.4, 0.5) is 4.39 Å². The van der Waals surface area contributed by atoms with Gasteiger partial charge in [-0.2, -0.15) is 4.31 Å². The van der Waals surface area contributed by atoms with E-state index in [1.807, 2.05) is 12.1 Å². The fourth-order valence-corrected chi connectivity index (χ4v) is 7.10. The summed E-state index contributed by atoms with van der Waals surface area (Å²) in [6.45, 7) is 4.53. The summed E-state index contributed by atoms with van der Waals surface area (Å²) in [7, 11) is -6.87. The van der Waals surface area contributed by atoms with Crippen molar-refractivity contribution in [2.75, 3.05) is 45.5 Å². The van der Waals surface area contributed by atoms with Crippen molar-refractivity contribution < 1.29 is 21.2 Å². The van der Waals surface area contributed by atoms with Crippen LogP contribution in [0, 0.1) is 5.82 Å². The molecule has 0 amide bonds. The van der Waals surface area contributed by atoms with Crippen molar-refractivity contribution in [3.8, 4) is 0 Å². The lowest BCUT2D eigenvalue weighted by atomic mass is 10.0. The average molecular weight is 496 g/mol. The number of sulfone groups is 1. The average Bonchev–Trinajstić information content (AvgIpc) is 2.80. The molecule has 0 N–H and O–H groups in total.